The normalized spacial score (nSPS) is 21.8. The lowest BCUT2D eigenvalue weighted by Gasteiger charge is -2.45. The third-order valence-corrected chi connectivity index (χ3v) is 4.05. The van der Waals surface area contributed by atoms with E-state index in [-0.39, 0.29) is 0 Å². The number of amides is 1. The van der Waals surface area contributed by atoms with Crippen molar-refractivity contribution in [3.63, 3.8) is 0 Å². The number of hydrogen-bond acceptors (Lipinski definition) is 4. The first-order valence-electron chi connectivity index (χ1n) is 6.94. The standard InChI is InChI=1S/C14H28N2O3/c1-12(2,3)19-11(17)16-14(8-6-7-9-14)13(4,10-15)18-5/h6-10,15H2,1-5H3,(H,16,17). The van der Waals surface area contributed by atoms with Gasteiger partial charge in [-0.3, -0.25) is 0 Å². The van der Waals surface area contributed by atoms with Crippen LogP contribution in [0.1, 0.15) is 53.4 Å². The van der Waals surface area contributed by atoms with E-state index in [0.29, 0.717) is 6.54 Å². The van der Waals surface area contributed by atoms with Gasteiger partial charge in [0, 0.05) is 13.7 Å². The highest BCUT2D eigenvalue weighted by Crippen LogP contribution is 2.40. The first-order valence-corrected chi connectivity index (χ1v) is 6.94. The van der Waals surface area contributed by atoms with Crippen molar-refractivity contribution < 1.29 is 14.3 Å². The van der Waals surface area contributed by atoms with Crippen molar-refractivity contribution in [1.29, 1.82) is 0 Å². The third-order valence-electron chi connectivity index (χ3n) is 4.05. The van der Waals surface area contributed by atoms with Gasteiger partial charge in [0.15, 0.2) is 0 Å². The summed E-state index contributed by atoms with van der Waals surface area (Å²) in [5.41, 5.74) is 4.36. The smallest absolute Gasteiger partial charge is 0.408 e. The Kier molecular flexibility index (Phi) is 4.85. The number of alkyl carbamates (subject to hydrolysis) is 1. The van der Waals surface area contributed by atoms with E-state index in [0.717, 1.165) is 25.7 Å². The molecule has 3 N–H and O–H groups in total. The van der Waals surface area contributed by atoms with Crippen molar-refractivity contribution in [1.82, 2.24) is 5.32 Å². The first kappa shape index (κ1) is 16.2. The van der Waals surface area contributed by atoms with E-state index in [9.17, 15) is 4.79 Å². The predicted molar refractivity (Wildman–Crippen MR) is 75.0 cm³/mol. The molecule has 0 aliphatic heterocycles. The van der Waals surface area contributed by atoms with E-state index in [4.69, 9.17) is 15.2 Å². The molecule has 0 aromatic heterocycles. The molecule has 1 aliphatic rings. The number of carbonyl (C=O) groups excluding carboxylic acids is 1. The van der Waals surface area contributed by atoms with Gasteiger partial charge in [0.25, 0.3) is 0 Å². The minimum Gasteiger partial charge on any atom is -0.444 e. The average Bonchev–Trinajstić information content (AvgIpc) is 2.75. The number of carbonyl (C=O) groups is 1. The SMILES string of the molecule is COC(C)(CN)C1(NC(=O)OC(C)(C)C)CCCC1. The van der Waals surface area contributed by atoms with E-state index < -0.39 is 22.8 Å². The average molecular weight is 272 g/mol. The second-order valence-corrected chi connectivity index (χ2v) is 6.56. The van der Waals surface area contributed by atoms with Gasteiger partial charge in [-0.05, 0) is 40.5 Å². The quantitative estimate of drug-likeness (QED) is 0.822. The molecule has 1 atom stereocenters. The monoisotopic (exact) mass is 272 g/mol. The van der Waals surface area contributed by atoms with Crippen LogP contribution in [0, 0.1) is 0 Å². The van der Waals surface area contributed by atoms with Gasteiger partial charge in [-0.25, -0.2) is 4.79 Å². The molecule has 1 fully saturated rings. The lowest BCUT2D eigenvalue weighted by atomic mass is 9.79. The number of hydrogen-bond donors (Lipinski definition) is 2. The highest BCUT2D eigenvalue weighted by atomic mass is 16.6. The van der Waals surface area contributed by atoms with E-state index in [1.165, 1.54) is 0 Å². The molecule has 1 amide bonds. The zero-order valence-electron chi connectivity index (χ0n) is 12.8. The number of nitrogens with one attached hydrogen (secondary N) is 1. The molecule has 112 valence electrons. The largest absolute Gasteiger partial charge is 0.444 e. The summed E-state index contributed by atoms with van der Waals surface area (Å²) in [4.78, 5) is 12.1. The number of nitrogens with two attached hydrogens (primary N) is 1. The molecule has 5 nitrogen and oxygen atoms in total. The fourth-order valence-corrected chi connectivity index (χ4v) is 2.74. The van der Waals surface area contributed by atoms with Crippen LogP contribution in [-0.4, -0.2) is 36.5 Å². The summed E-state index contributed by atoms with van der Waals surface area (Å²) in [6.07, 6.45) is 3.47. The van der Waals surface area contributed by atoms with E-state index in [2.05, 4.69) is 5.32 Å². The fraction of sp³-hybridized carbons (Fsp3) is 0.929. The van der Waals surface area contributed by atoms with Crippen LogP contribution in [0.5, 0.6) is 0 Å². The van der Waals surface area contributed by atoms with Crippen LogP contribution in [0.4, 0.5) is 4.79 Å². The van der Waals surface area contributed by atoms with E-state index in [1.807, 2.05) is 27.7 Å². The molecule has 1 aliphatic carbocycles. The number of rotatable bonds is 4. The third kappa shape index (κ3) is 3.60. The van der Waals surface area contributed by atoms with Crippen LogP contribution in [-0.2, 0) is 9.47 Å². The molecule has 1 saturated carbocycles. The van der Waals surface area contributed by atoms with Gasteiger partial charge in [0.05, 0.1) is 5.54 Å². The fourth-order valence-electron chi connectivity index (χ4n) is 2.74. The van der Waals surface area contributed by atoms with Gasteiger partial charge in [-0.1, -0.05) is 12.8 Å². The molecular weight excluding hydrogens is 244 g/mol. The topological polar surface area (TPSA) is 73.6 Å². The van der Waals surface area contributed by atoms with Crippen molar-refractivity contribution in [2.45, 2.75) is 70.1 Å². The zero-order valence-corrected chi connectivity index (χ0v) is 12.8. The Hall–Kier alpha value is -0.810. The Balaban J connectivity index is 2.86. The van der Waals surface area contributed by atoms with Crippen LogP contribution >= 0.6 is 0 Å². The summed E-state index contributed by atoms with van der Waals surface area (Å²) < 4.78 is 11.0. The van der Waals surface area contributed by atoms with Crippen molar-refractivity contribution in [2.75, 3.05) is 13.7 Å². The molecular formula is C14H28N2O3. The summed E-state index contributed by atoms with van der Waals surface area (Å²) in [5.74, 6) is 0. The van der Waals surface area contributed by atoms with E-state index >= 15 is 0 Å². The molecule has 1 rings (SSSR count). The minimum atomic E-state index is -0.569. The van der Waals surface area contributed by atoms with Gasteiger partial charge < -0.3 is 20.5 Å². The summed E-state index contributed by atoms with van der Waals surface area (Å²) in [7, 11) is 1.64. The van der Waals surface area contributed by atoms with Crippen LogP contribution < -0.4 is 11.1 Å². The Morgan fingerprint density at radius 3 is 2.16 bits per heavy atom. The minimum absolute atomic E-state index is 0.360. The van der Waals surface area contributed by atoms with Crippen molar-refractivity contribution in [2.24, 2.45) is 5.73 Å². The van der Waals surface area contributed by atoms with Gasteiger partial charge in [-0.2, -0.15) is 0 Å². The molecule has 1 unspecified atom stereocenters. The van der Waals surface area contributed by atoms with Crippen molar-refractivity contribution in [3.8, 4) is 0 Å². The Morgan fingerprint density at radius 2 is 1.79 bits per heavy atom. The Labute approximate surface area is 116 Å². The zero-order chi connectivity index (χ0) is 14.7. The molecule has 0 radical (unpaired) electrons. The lowest BCUT2D eigenvalue weighted by Crippen LogP contribution is -2.65. The number of ether oxygens (including phenoxy) is 2. The second-order valence-electron chi connectivity index (χ2n) is 6.56. The van der Waals surface area contributed by atoms with Crippen LogP contribution in [0.3, 0.4) is 0 Å². The van der Waals surface area contributed by atoms with Crippen LogP contribution in [0.25, 0.3) is 0 Å². The van der Waals surface area contributed by atoms with Gasteiger partial charge >= 0.3 is 6.09 Å². The van der Waals surface area contributed by atoms with Crippen molar-refractivity contribution >= 4 is 6.09 Å². The maximum atomic E-state index is 12.1. The summed E-state index contributed by atoms with van der Waals surface area (Å²) >= 11 is 0. The van der Waals surface area contributed by atoms with Gasteiger partial charge in [0.1, 0.15) is 11.2 Å². The summed E-state index contributed by atoms with van der Waals surface area (Å²) in [6.45, 7) is 7.88. The van der Waals surface area contributed by atoms with Crippen molar-refractivity contribution in [3.05, 3.63) is 0 Å². The Bertz CT molecular complexity index is 313. The molecule has 0 bridgehead atoms. The highest BCUT2D eigenvalue weighted by molar-refractivity contribution is 5.69. The van der Waals surface area contributed by atoms with E-state index in [1.54, 1.807) is 7.11 Å². The molecule has 0 heterocycles. The number of methoxy groups -OCH3 is 1. The molecule has 0 saturated heterocycles. The highest BCUT2D eigenvalue weighted by Gasteiger charge is 2.51. The second kappa shape index (κ2) is 5.67. The maximum absolute atomic E-state index is 12.1. The van der Waals surface area contributed by atoms with Gasteiger partial charge in [0.2, 0.25) is 0 Å². The summed E-state index contributed by atoms with van der Waals surface area (Å²) in [6, 6.07) is 0. The predicted octanol–water partition coefficient (Wildman–Crippen LogP) is 2.19. The molecule has 0 aromatic rings. The Morgan fingerprint density at radius 1 is 1.26 bits per heavy atom. The van der Waals surface area contributed by atoms with Gasteiger partial charge in [-0.15, -0.1) is 0 Å². The molecule has 5 heteroatoms. The molecule has 0 aromatic carbocycles. The van der Waals surface area contributed by atoms with Crippen LogP contribution in [0.2, 0.25) is 0 Å². The lowest BCUT2D eigenvalue weighted by molar-refractivity contribution is -0.0657. The maximum Gasteiger partial charge on any atom is 0.408 e. The first-order chi connectivity index (χ1) is 8.68. The molecule has 0 spiro atoms. The summed E-state index contributed by atoms with van der Waals surface area (Å²) in [5, 5.41) is 3.03. The molecule has 19 heavy (non-hydrogen) atoms. The van der Waals surface area contributed by atoms with Crippen LogP contribution in [0.15, 0.2) is 0 Å².